The summed E-state index contributed by atoms with van der Waals surface area (Å²) in [5.74, 6) is -2.74. The number of aromatic amines is 2. The molecule has 0 amide bonds. The topological polar surface area (TPSA) is 94.7 Å². The minimum Gasteiger partial charge on any atom is -0.478 e. The van der Waals surface area contributed by atoms with E-state index in [-0.39, 0.29) is 11.1 Å². The number of carboxylic acids is 1. The van der Waals surface area contributed by atoms with Crippen molar-refractivity contribution in [3.63, 3.8) is 0 Å². The second-order valence-electron chi connectivity index (χ2n) is 5.01. The van der Waals surface area contributed by atoms with Crippen LogP contribution in [0.2, 0.25) is 0 Å². The lowest BCUT2D eigenvalue weighted by Crippen LogP contribution is -1.95. The van der Waals surface area contributed by atoms with Crippen molar-refractivity contribution in [2.24, 2.45) is 0 Å². The highest BCUT2D eigenvalue weighted by Crippen LogP contribution is 2.27. The van der Waals surface area contributed by atoms with Gasteiger partial charge in [0.05, 0.1) is 22.1 Å². The number of aromatic carboxylic acids is 1. The van der Waals surface area contributed by atoms with E-state index in [1.54, 1.807) is 6.07 Å². The molecule has 0 saturated heterocycles. The van der Waals surface area contributed by atoms with Crippen molar-refractivity contribution in [2.45, 2.75) is 0 Å². The Labute approximate surface area is 126 Å². The van der Waals surface area contributed by atoms with Gasteiger partial charge < -0.3 is 10.1 Å². The lowest BCUT2D eigenvalue weighted by molar-refractivity contribution is 0.0697. The zero-order valence-corrected chi connectivity index (χ0v) is 11.4. The molecular weight excluding hydrogens is 306 g/mol. The van der Waals surface area contributed by atoms with Crippen molar-refractivity contribution in [3.8, 4) is 11.5 Å². The van der Waals surface area contributed by atoms with Crippen LogP contribution in [0.15, 0.2) is 30.3 Å². The van der Waals surface area contributed by atoms with Crippen molar-refractivity contribution in [1.29, 1.82) is 0 Å². The molecule has 2 heterocycles. The van der Waals surface area contributed by atoms with Crippen molar-refractivity contribution < 1.29 is 18.7 Å². The fourth-order valence-corrected chi connectivity index (χ4v) is 2.44. The van der Waals surface area contributed by atoms with Gasteiger partial charge in [-0.15, -0.1) is 0 Å². The van der Waals surface area contributed by atoms with Gasteiger partial charge in [-0.25, -0.2) is 18.6 Å². The summed E-state index contributed by atoms with van der Waals surface area (Å²) in [5.41, 5.74) is 1.69. The second kappa shape index (κ2) is 4.60. The smallest absolute Gasteiger partial charge is 0.335 e. The average molecular weight is 314 g/mol. The summed E-state index contributed by atoms with van der Waals surface area (Å²) in [6.07, 6.45) is 0. The molecular formula is C15H8F2N4O2. The molecule has 4 aromatic rings. The highest BCUT2D eigenvalue weighted by Gasteiger charge is 2.16. The SMILES string of the molecule is O=C(O)c1ccc2[nH]nc(-c3nc4cc(F)c(F)cc4[nH]3)c2c1. The Kier molecular flexibility index (Phi) is 2.68. The van der Waals surface area contributed by atoms with Gasteiger partial charge in [-0.3, -0.25) is 5.10 Å². The molecule has 0 aliphatic carbocycles. The first kappa shape index (κ1) is 13.4. The molecule has 23 heavy (non-hydrogen) atoms. The number of nitrogens with one attached hydrogen (secondary N) is 2. The van der Waals surface area contributed by atoms with Crippen molar-refractivity contribution >= 4 is 27.9 Å². The Morgan fingerprint density at radius 1 is 1.09 bits per heavy atom. The molecule has 0 saturated carbocycles. The van der Waals surface area contributed by atoms with Gasteiger partial charge in [-0.2, -0.15) is 5.10 Å². The fourth-order valence-electron chi connectivity index (χ4n) is 2.44. The molecule has 0 atom stereocenters. The summed E-state index contributed by atoms with van der Waals surface area (Å²) in [5, 5.41) is 16.5. The third-order valence-corrected chi connectivity index (χ3v) is 3.56. The van der Waals surface area contributed by atoms with Gasteiger partial charge in [0, 0.05) is 17.5 Å². The maximum absolute atomic E-state index is 13.3. The fraction of sp³-hybridized carbons (Fsp3) is 0. The van der Waals surface area contributed by atoms with E-state index in [0.29, 0.717) is 27.9 Å². The van der Waals surface area contributed by atoms with Gasteiger partial charge in [0.15, 0.2) is 17.5 Å². The van der Waals surface area contributed by atoms with Gasteiger partial charge in [0.1, 0.15) is 5.69 Å². The Bertz CT molecular complexity index is 1040. The Hall–Kier alpha value is -3.29. The number of aromatic nitrogens is 4. The van der Waals surface area contributed by atoms with Crippen molar-refractivity contribution in [1.82, 2.24) is 20.2 Å². The minimum absolute atomic E-state index is 0.105. The molecule has 0 spiro atoms. The summed E-state index contributed by atoms with van der Waals surface area (Å²) in [6, 6.07) is 6.51. The number of hydrogen-bond donors (Lipinski definition) is 3. The van der Waals surface area contributed by atoms with E-state index in [1.165, 1.54) is 12.1 Å². The highest BCUT2D eigenvalue weighted by molar-refractivity contribution is 5.98. The van der Waals surface area contributed by atoms with E-state index < -0.39 is 17.6 Å². The molecule has 114 valence electrons. The molecule has 2 aromatic heterocycles. The van der Waals surface area contributed by atoms with Crippen LogP contribution in [0, 0.1) is 11.6 Å². The van der Waals surface area contributed by atoms with Crippen LogP contribution in [0.4, 0.5) is 8.78 Å². The van der Waals surface area contributed by atoms with Crippen LogP contribution < -0.4 is 0 Å². The predicted octanol–water partition coefficient (Wildman–Crippen LogP) is 3.08. The lowest BCUT2D eigenvalue weighted by atomic mass is 10.1. The predicted molar refractivity (Wildman–Crippen MR) is 78.1 cm³/mol. The van der Waals surface area contributed by atoms with Crippen LogP contribution >= 0.6 is 0 Å². The number of benzene rings is 2. The molecule has 4 rings (SSSR count). The summed E-state index contributed by atoms with van der Waals surface area (Å²) in [6.45, 7) is 0. The van der Waals surface area contributed by atoms with E-state index in [1.807, 2.05) is 0 Å². The number of imidazole rings is 1. The summed E-state index contributed by atoms with van der Waals surface area (Å²) in [4.78, 5) is 18.1. The number of H-pyrrole nitrogens is 2. The number of halogens is 2. The van der Waals surface area contributed by atoms with Crippen LogP contribution in [0.1, 0.15) is 10.4 Å². The summed E-state index contributed by atoms with van der Waals surface area (Å²) < 4.78 is 26.6. The van der Waals surface area contributed by atoms with Gasteiger partial charge in [0.2, 0.25) is 0 Å². The van der Waals surface area contributed by atoms with E-state index in [9.17, 15) is 13.6 Å². The molecule has 0 aliphatic rings. The standard InChI is InChI=1S/C15H8F2N4O2/c16-8-4-11-12(5-9(8)17)19-14(18-11)13-7-3-6(15(22)23)1-2-10(7)20-21-13/h1-5H,(H,18,19)(H,20,21)(H,22,23). The van der Waals surface area contributed by atoms with Gasteiger partial charge >= 0.3 is 5.97 Å². The van der Waals surface area contributed by atoms with Crippen LogP contribution in [0.25, 0.3) is 33.5 Å². The lowest BCUT2D eigenvalue weighted by Gasteiger charge is -1.96. The maximum atomic E-state index is 13.3. The van der Waals surface area contributed by atoms with Crippen LogP contribution in [-0.2, 0) is 0 Å². The largest absolute Gasteiger partial charge is 0.478 e. The zero-order valence-electron chi connectivity index (χ0n) is 11.4. The first-order valence-corrected chi connectivity index (χ1v) is 6.59. The third-order valence-electron chi connectivity index (χ3n) is 3.56. The number of carbonyl (C=O) groups is 1. The van der Waals surface area contributed by atoms with E-state index in [0.717, 1.165) is 12.1 Å². The summed E-state index contributed by atoms with van der Waals surface area (Å²) in [7, 11) is 0. The molecule has 0 aliphatic heterocycles. The van der Waals surface area contributed by atoms with E-state index >= 15 is 0 Å². The quantitative estimate of drug-likeness (QED) is 0.530. The first-order valence-electron chi connectivity index (χ1n) is 6.59. The van der Waals surface area contributed by atoms with E-state index in [2.05, 4.69) is 20.2 Å². The van der Waals surface area contributed by atoms with Gasteiger partial charge in [-0.05, 0) is 18.2 Å². The maximum Gasteiger partial charge on any atom is 0.335 e. The normalized spacial score (nSPS) is 11.4. The first-order chi connectivity index (χ1) is 11.0. The molecule has 0 unspecified atom stereocenters. The molecule has 3 N–H and O–H groups in total. The van der Waals surface area contributed by atoms with Gasteiger partial charge in [0.25, 0.3) is 0 Å². The van der Waals surface area contributed by atoms with Crippen molar-refractivity contribution in [2.75, 3.05) is 0 Å². The number of fused-ring (bicyclic) bond motifs is 2. The molecule has 8 heteroatoms. The number of rotatable bonds is 2. The molecule has 2 aromatic carbocycles. The minimum atomic E-state index is -1.06. The third kappa shape index (κ3) is 2.03. The van der Waals surface area contributed by atoms with Crippen molar-refractivity contribution in [3.05, 3.63) is 47.5 Å². The number of nitrogens with zero attached hydrogens (tertiary/aromatic N) is 2. The zero-order chi connectivity index (χ0) is 16.1. The van der Waals surface area contributed by atoms with E-state index in [4.69, 9.17) is 5.11 Å². The monoisotopic (exact) mass is 314 g/mol. The Morgan fingerprint density at radius 2 is 1.87 bits per heavy atom. The van der Waals surface area contributed by atoms with Crippen LogP contribution in [0.5, 0.6) is 0 Å². The number of carboxylic acid groups (broad SMARTS) is 1. The average Bonchev–Trinajstić information content (AvgIpc) is 3.10. The van der Waals surface area contributed by atoms with Gasteiger partial charge in [-0.1, -0.05) is 0 Å². The highest BCUT2D eigenvalue weighted by atomic mass is 19.2. The van der Waals surface area contributed by atoms with Crippen LogP contribution in [0.3, 0.4) is 0 Å². The molecule has 0 fully saturated rings. The summed E-state index contributed by atoms with van der Waals surface area (Å²) >= 11 is 0. The number of hydrogen-bond acceptors (Lipinski definition) is 3. The Morgan fingerprint density at radius 3 is 2.65 bits per heavy atom. The molecule has 6 nitrogen and oxygen atoms in total. The Balaban J connectivity index is 1.94. The molecule has 0 radical (unpaired) electrons. The van der Waals surface area contributed by atoms with Crippen LogP contribution in [-0.4, -0.2) is 31.2 Å². The molecule has 0 bridgehead atoms. The second-order valence-corrected chi connectivity index (χ2v) is 5.01.